The van der Waals surface area contributed by atoms with E-state index in [2.05, 4.69) is 5.32 Å². The van der Waals surface area contributed by atoms with Crippen LogP contribution in [-0.2, 0) is 14.6 Å². The Balaban J connectivity index is 1.58. The number of likely N-dealkylation sites (tertiary alicyclic amines) is 1. The van der Waals surface area contributed by atoms with Crippen LogP contribution in [0, 0.1) is 5.92 Å². The van der Waals surface area contributed by atoms with Gasteiger partial charge in [0.05, 0.1) is 28.6 Å². The largest absolute Gasteiger partial charge is 0.444 e. The van der Waals surface area contributed by atoms with Crippen molar-refractivity contribution in [2.45, 2.75) is 64.5 Å². The first-order valence-electron chi connectivity index (χ1n) is 14.5. The number of benzene rings is 2. The van der Waals surface area contributed by atoms with E-state index < -0.39 is 27.4 Å². The Kier molecular flexibility index (Phi) is 8.41. The van der Waals surface area contributed by atoms with Crippen LogP contribution >= 0.6 is 0 Å². The van der Waals surface area contributed by atoms with E-state index in [-0.39, 0.29) is 42.1 Å². The third kappa shape index (κ3) is 6.67. The molecule has 2 saturated heterocycles. The Morgan fingerprint density at radius 1 is 0.952 bits per heavy atom. The lowest BCUT2D eigenvalue weighted by atomic mass is 9.91. The summed E-state index contributed by atoms with van der Waals surface area (Å²) in [7, 11) is -3.13. The third-order valence-corrected chi connectivity index (χ3v) is 9.54. The van der Waals surface area contributed by atoms with E-state index in [1.807, 2.05) is 31.4 Å². The average Bonchev–Trinajstić information content (AvgIpc) is 3.12. The number of hydrogen-bond donors (Lipinski definition) is 1. The molecule has 1 N–H and O–H groups in total. The minimum atomic E-state index is -3.13. The van der Waals surface area contributed by atoms with Gasteiger partial charge in [-0.2, -0.15) is 0 Å². The van der Waals surface area contributed by atoms with Crippen LogP contribution in [0.2, 0.25) is 0 Å². The van der Waals surface area contributed by atoms with Crippen molar-refractivity contribution in [3.8, 4) is 0 Å². The summed E-state index contributed by atoms with van der Waals surface area (Å²) >= 11 is 0. The molecule has 10 nitrogen and oxygen atoms in total. The van der Waals surface area contributed by atoms with E-state index >= 15 is 0 Å². The summed E-state index contributed by atoms with van der Waals surface area (Å²) in [5, 5.41) is 2.96. The minimum Gasteiger partial charge on any atom is -0.444 e. The van der Waals surface area contributed by atoms with Gasteiger partial charge in [0.25, 0.3) is 5.91 Å². The first kappa shape index (κ1) is 29.8. The van der Waals surface area contributed by atoms with E-state index in [1.54, 1.807) is 47.4 Å². The summed E-state index contributed by atoms with van der Waals surface area (Å²) in [6.07, 6.45) is 2.46. The molecule has 0 aliphatic carbocycles. The Hall–Kier alpha value is -3.73. The van der Waals surface area contributed by atoms with Gasteiger partial charge < -0.3 is 14.2 Å². The predicted molar refractivity (Wildman–Crippen MR) is 161 cm³/mol. The number of sulfone groups is 1. The molecule has 2 amide bonds. The lowest BCUT2D eigenvalue weighted by Crippen LogP contribution is -2.39. The number of imidazole rings is 1. The van der Waals surface area contributed by atoms with Crippen molar-refractivity contribution in [2.24, 2.45) is 5.92 Å². The van der Waals surface area contributed by atoms with Crippen LogP contribution in [0.25, 0.3) is 11.0 Å². The zero-order valence-electron chi connectivity index (χ0n) is 24.3. The molecule has 3 heterocycles. The highest BCUT2D eigenvalue weighted by molar-refractivity contribution is 7.91. The highest BCUT2D eigenvalue weighted by Crippen LogP contribution is 2.35. The maximum Gasteiger partial charge on any atom is 0.410 e. The van der Waals surface area contributed by atoms with Crippen LogP contribution in [0.15, 0.2) is 48.5 Å². The van der Waals surface area contributed by atoms with Crippen LogP contribution < -0.4 is 5.32 Å². The van der Waals surface area contributed by atoms with Gasteiger partial charge in [-0.1, -0.05) is 24.3 Å². The summed E-state index contributed by atoms with van der Waals surface area (Å²) in [5.41, 5.74) is 1.38. The van der Waals surface area contributed by atoms with Crippen LogP contribution in [0.1, 0.15) is 79.6 Å². The predicted octanol–water partition coefficient (Wildman–Crippen LogP) is 5.26. The molecule has 0 radical (unpaired) electrons. The highest BCUT2D eigenvalue weighted by atomic mass is 32.2. The topological polar surface area (TPSA) is 128 Å². The molecule has 1 atom stereocenters. The van der Waals surface area contributed by atoms with Crippen LogP contribution in [-0.4, -0.2) is 70.8 Å². The molecule has 1 aromatic heterocycles. The fourth-order valence-electron chi connectivity index (χ4n) is 5.75. The number of amides is 2. The van der Waals surface area contributed by atoms with Gasteiger partial charge in [-0.15, -0.1) is 0 Å². The maximum absolute atomic E-state index is 13.9. The van der Waals surface area contributed by atoms with E-state index in [4.69, 9.17) is 9.72 Å². The van der Waals surface area contributed by atoms with Crippen LogP contribution in [0.5, 0.6) is 0 Å². The van der Waals surface area contributed by atoms with Crippen LogP contribution in [0.3, 0.4) is 0 Å². The Morgan fingerprint density at radius 2 is 1.67 bits per heavy atom. The number of carbonyl (C=O) groups is 3. The molecule has 2 fully saturated rings. The molecule has 2 aromatic carbocycles. The molecular formula is C31H38N4O6S. The van der Waals surface area contributed by atoms with Gasteiger partial charge >= 0.3 is 6.09 Å². The van der Waals surface area contributed by atoms with Crippen LogP contribution in [0.4, 0.5) is 10.7 Å². The Labute approximate surface area is 246 Å². The number of ketones is 1. The number of carbonyl (C=O) groups excluding carboxylic acids is 3. The number of nitrogens with one attached hydrogen (secondary N) is 1. The fraction of sp³-hybridized carbons (Fsp3) is 0.484. The second kappa shape index (κ2) is 11.9. The summed E-state index contributed by atoms with van der Waals surface area (Å²) in [5.74, 6) is -0.612. The van der Waals surface area contributed by atoms with Crippen molar-refractivity contribution in [3.63, 3.8) is 0 Å². The second-order valence-electron chi connectivity index (χ2n) is 12.2. The van der Waals surface area contributed by atoms with Gasteiger partial charge in [0.2, 0.25) is 5.95 Å². The van der Waals surface area contributed by atoms with E-state index in [0.717, 1.165) is 12.8 Å². The molecular weight excluding hydrogens is 556 g/mol. The molecule has 11 heteroatoms. The maximum atomic E-state index is 13.9. The quantitative estimate of drug-likeness (QED) is 0.399. The van der Waals surface area contributed by atoms with Crippen molar-refractivity contribution in [2.75, 3.05) is 29.9 Å². The average molecular weight is 595 g/mol. The molecule has 3 aromatic rings. The number of para-hydroxylation sites is 1. The molecule has 1 unspecified atom stereocenters. The molecule has 0 saturated carbocycles. The minimum absolute atomic E-state index is 0.00942. The highest BCUT2D eigenvalue weighted by Gasteiger charge is 2.34. The molecule has 2 aliphatic rings. The van der Waals surface area contributed by atoms with Gasteiger partial charge in [0.15, 0.2) is 5.78 Å². The summed E-state index contributed by atoms with van der Waals surface area (Å²) in [6, 6.07) is 13.8. The third-order valence-electron chi connectivity index (χ3n) is 7.83. The first-order valence-corrected chi connectivity index (χ1v) is 16.3. The molecule has 5 rings (SSSR count). The van der Waals surface area contributed by atoms with Gasteiger partial charge in [0, 0.05) is 30.1 Å². The number of ether oxygens (including phenoxy) is 1. The normalized spacial score (nSPS) is 19.7. The summed E-state index contributed by atoms with van der Waals surface area (Å²) in [6.45, 7) is 6.34. The smallest absolute Gasteiger partial charge is 0.410 e. The lowest BCUT2D eigenvalue weighted by Gasteiger charge is -2.29. The number of fused-ring (bicyclic) bond motifs is 1. The Morgan fingerprint density at radius 3 is 2.36 bits per heavy atom. The summed E-state index contributed by atoms with van der Waals surface area (Å²) in [4.78, 5) is 46.8. The van der Waals surface area contributed by atoms with Crippen molar-refractivity contribution in [3.05, 3.63) is 59.7 Å². The summed E-state index contributed by atoms with van der Waals surface area (Å²) < 4.78 is 31.7. The lowest BCUT2D eigenvalue weighted by molar-refractivity contribution is 0.0237. The van der Waals surface area contributed by atoms with Crippen molar-refractivity contribution < 1.29 is 27.5 Å². The number of nitrogens with zero attached hydrogens (tertiary/aromatic N) is 3. The van der Waals surface area contributed by atoms with E-state index in [9.17, 15) is 22.8 Å². The van der Waals surface area contributed by atoms with Gasteiger partial charge in [-0.3, -0.25) is 14.9 Å². The zero-order chi connectivity index (χ0) is 30.1. The number of hydrogen-bond acceptors (Lipinski definition) is 7. The Bertz CT molecular complexity index is 1580. The number of anilines is 1. The van der Waals surface area contributed by atoms with Crippen molar-refractivity contribution in [1.29, 1.82) is 0 Å². The zero-order valence-corrected chi connectivity index (χ0v) is 25.2. The molecule has 0 bridgehead atoms. The van der Waals surface area contributed by atoms with Crippen molar-refractivity contribution >= 4 is 44.6 Å². The number of aromatic nitrogens is 2. The number of rotatable bonds is 5. The van der Waals surface area contributed by atoms with Gasteiger partial charge in [0.1, 0.15) is 15.4 Å². The fourth-order valence-corrected chi connectivity index (χ4v) is 7.24. The van der Waals surface area contributed by atoms with E-state index in [1.165, 1.54) is 0 Å². The van der Waals surface area contributed by atoms with Crippen molar-refractivity contribution in [1.82, 2.24) is 14.5 Å². The second-order valence-corrected chi connectivity index (χ2v) is 14.5. The first-order chi connectivity index (χ1) is 19.9. The monoisotopic (exact) mass is 594 g/mol. The SMILES string of the molecule is CC(C)(C)OC(=O)N1CCCCC(n2c(NC(=O)c3ccccc3)nc3cccc(C(=O)C4CCS(=O)(=O)CC4)c32)C1. The van der Waals surface area contributed by atoms with Gasteiger partial charge in [-0.25, -0.2) is 18.2 Å². The van der Waals surface area contributed by atoms with Gasteiger partial charge in [-0.05, 0) is 77.1 Å². The molecule has 224 valence electrons. The molecule has 42 heavy (non-hydrogen) atoms. The molecule has 0 spiro atoms. The standard InChI is InChI=1S/C31H38N4O6S/c1-31(2,3)41-30(38)34-17-8-7-12-23(20-34)35-26-24(27(36)21-15-18-42(39,40)19-16-21)13-9-14-25(26)32-29(35)33-28(37)22-10-5-4-6-11-22/h4-6,9-11,13-14,21,23H,7-8,12,15-20H2,1-3H3,(H,32,33,37). The van der Waals surface area contributed by atoms with E-state index in [0.29, 0.717) is 47.6 Å². The molecule has 2 aliphatic heterocycles. The number of Topliss-reactive ketones (excluding diaryl/α,β-unsaturated/α-hetero) is 1.